The molecule has 0 spiro atoms. The topological polar surface area (TPSA) is 86.7 Å². The molecule has 2 N–H and O–H groups in total. The van der Waals surface area contributed by atoms with E-state index >= 15 is 0 Å². The van der Waals surface area contributed by atoms with Gasteiger partial charge in [-0.3, -0.25) is 9.48 Å². The summed E-state index contributed by atoms with van der Waals surface area (Å²) in [5, 5.41) is 5.58. The maximum Gasteiger partial charge on any atom is 0.250 e. The molecule has 1 amide bonds. The van der Waals surface area contributed by atoms with Crippen LogP contribution in [0.5, 0.6) is 0 Å². The largest absolute Gasteiger partial charge is 0.366 e. The highest BCUT2D eigenvalue weighted by Crippen LogP contribution is 2.37. The standard InChI is InChI=1S/C16H14ClN5O/c17-12-3-11-7-21-22(14(11)13(4-12)15(18)23)8-9-5-19-16(20-6-9)10-1-2-10/h3-7,10H,1-2,8H2,(H2,18,23). The average molecular weight is 328 g/mol. The number of rotatable bonds is 4. The van der Waals surface area contributed by atoms with Crippen molar-refractivity contribution >= 4 is 28.4 Å². The molecule has 1 aliphatic carbocycles. The Morgan fingerprint density at radius 1 is 1.26 bits per heavy atom. The SMILES string of the molecule is NC(=O)c1cc(Cl)cc2cnn(Cc3cnc(C4CC4)nc3)c12. The van der Waals surface area contributed by atoms with Crippen LogP contribution in [0, 0.1) is 0 Å². The summed E-state index contributed by atoms with van der Waals surface area (Å²) in [5.41, 5.74) is 7.42. The van der Waals surface area contributed by atoms with Crippen LogP contribution in [0.3, 0.4) is 0 Å². The molecule has 0 unspecified atom stereocenters. The van der Waals surface area contributed by atoms with Crippen molar-refractivity contribution in [2.75, 3.05) is 0 Å². The summed E-state index contributed by atoms with van der Waals surface area (Å²) in [5.74, 6) is 0.904. The fourth-order valence-electron chi connectivity index (χ4n) is 2.68. The Labute approximate surface area is 137 Å². The second-order valence-electron chi connectivity index (χ2n) is 5.78. The van der Waals surface area contributed by atoms with Crippen LogP contribution in [0.15, 0.2) is 30.7 Å². The van der Waals surface area contributed by atoms with Gasteiger partial charge in [0.05, 0.1) is 23.8 Å². The lowest BCUT2D eigenvalue weighted by Gasteiger charge is -2.07. The van der Waals surface area contributed by atoms with Crippen LogP contribution in [-0.4, -0.2) is 25.7 Å². The van der Waals surface area contributed by atoms with Crippen molar-refractivity contribution in [1.82, 2.24) is 19.7 Å². The monoisotopic (exact) mass is 327 g/mol. The Balaban J connectivity index is 1.72. The van der Waals surface area contributed by atoms with Crippen molar-refractivity contribution in [2.45, 2.75) is 25.3 Å². The molecule has 0 radical (unpaired) electrons. The minimum Gasteiger partial charge on any atom is -0.366 e. The smallest absolute Gasteiger partial charge is 0.250 e. The maximum absolute atomic E-state index is 11.7. The number of benzene rings is 1. The summed E-state index contributed by atoms with van der Waals surface area (Å²) in [6, 6.07) is 3.33. The Hall–Kier alpha value is -2.47. The van der Waals surface area contributed by atoms with Crippen LogP contribution >= 0.6 is 11.6 Å². The van der Waals surface area contributed by atoms with Crippen molar-refractivity contribution in [3.63, 3.8) is 0 Å². The number of nitrogens with two attached hydrogens (primary N) is 1. The van der Waals surface area contributed by atoms with Crippen LogP contribution in [0.2, 0.25) is 5.02 Å². The van der Waals surface area contributed by atoms with Crippen LogP contribution in [0.25, 0.3) is 10.9 Å². The number of amides is 1. The number of nitrogens with zero attached hydrogens (tertiary/aromatic N) is 4. The fourth-order valence-corrected chi connectivity index (χ4v) is 2.90. The van der Waals surface area contributed by atoms with Crippen LogP contribution in [0.4, 0.5) is 0 Å². The number of aromatic nitrogens is 4. The molecule has 0 bridgehead atoms. The van der Waals surface area contributed by atoms with E-state index in [1.54, 1.807) is 23.0 Å². The average Bonchev–Trinajstić information content (AvgIpc) is 3.30. The number of halogens is 1. The lowest BCUT2D eigenvalue weighted by Crippen LogP contribution is -2.14. The zero-order chi connectivity index (χ0) is 16.0. The van der Waals surface area contributed by atoms with E-state index in [9.17, 15) is 4.79 Å². The lowest BCUT2D eigenvalue weighted by molar-refractivity contribution is 0.100. The van der Waals surface area contributed by atoms with Crippen molar-refractivity contribution in [1.29, 1.82) is 0 Å². The van der Waals surface area contributed by atoms with Gasteiger partial charge in [-0.2, -0.15) is 5.10 Å². The van der Waals surface area contributed by atoms with Gasteiger partial charge < -0.3 is 5.73 Å². The highest BCUT2D eigenvalue weighted by Gasteiger charge is 2.26. The van der Waals surface area contributed by atoms with Crippen molar-refractivity contribution in [2.24, 2.45) is 5.73 Å². The molecule has 116 valence electrons. The molecule has 23 heavy (non-hydrogen) atoms. The van der Waals surface area contributed by atoms with Crippen LogP contribution < -0.4 is 5.73 Å². The van der Waals surface area contributed by atoms with Crippen molar-refractivity contribution in [3.8, 4) is 0 Å². The summed E-state index contributed by atoms with van der Waals surface area (Å²) < 4.78 is 1.72. The molecular formula is C16H14ClN5O. The first-order valence-electron chi connectivity index (χ1n) is 7.37. The van der Waals surface area contributed by atoms with E-state index in [2.05, 4.69) is 15.1 Å². The highest BCUT2D eigenvalue weighted by molar-refractivity contribution is 6.32. The minimum atomic E-state index is -0.528. The quantitative estimate of drug-likeness (QED) is 0.797. The molecule has 2 aromatic heterocycles. The van der Waals surface area contributed by atoms with Gasteiger partial charge in [0, 0.05) is 34.3 Å². The molecule has 3 aromatic rings. The fraction of sp³-hybridized carbons (Fsp3) is 0.250. The van der Waals surface area contributed by atoms with Gasteiger partial charge in [-0.05, 0) is 25.0 Å². The summed E-state index contributed by atoms with van der Waals surface area (Å²) in [6.45, 7) is 0.469. The molecular weight excluding hydrogens is 314 g/mol. The van der Waals surface area contributed by atoms with Gasteiger partial charge in [-0.1, -0.05) is 11.6 Å². The molecule has 1 aromatic carbocycles. The molecule has 1 aliphatic rings. The van der Waals surface area contributed by atoms with Gasteiger partial charge >= 0.3 is 0 Å². The Kier molecular flexibility index (Phi) is 3.27. The predicted octanol–water partition coefficient (Wildman–Crippen LogP) is 2.50. The molecule has 6 nitrogen and oxygen atoms in total. The molecule has 0 atom stereocenters. The normalized spacial score (nSPS) is 14.3. The van der Waals surface area contributed by atoms with E-state index in [0.29, 0.717) is 28.6 Å². The molecule has 1 saturated carbocycles. The summed E-state index contributed by atoms with van der Waals surface area (Å²) in [4.78, 5) is 20.5. The van der Waals surface area contributed by atoms with Crippen molar-refractivity contribution < 1.29 is 4.79 Å². The summed E-state index contributed by atoms with van der Waals surface area (Å²) >= 11 is 6.03. The van der Waals surface area contributed by atoms with Gasteiger partial charge in [0.25, 0.3) is 5.91 Å². The van der Waals surface area contributed by atoms with E-state index in [-0.39, 0.29) is 0 Å². The number of hydrogen-bond donors (Lipinski definition) is 1. The first kappa shape index (κ1) is 14.1. The Morgan fingerprint density at radius 2 is 2.00 bits per heavy atom. The molecule has 2 heterocycles. The highest BCUT2D eigenvalue weighted by atomic mass is 35.5. The van der Waals surface area contributed by atoms with Crippen molar-refractivity contribution in [3.05, 3.63) is 52.7 Å². The maximum atomic E-state index is 11.7. The molecule has 0 saturated heterocycles. The van der Waals surface area contributed by atoms with E-state index in [1.165, 1.54) is 12.8 Å². The predicted molar refractivity (Wildman–Crippen MR) is 86.4 cm³/mol. The van der Waals surface area contributed by atoms with E-state index in [0.717, 1.165) is 16.8 Å². The third-order valence-corrected chi connectivity index (χ3v) is 4.18. The number of fused-ring (bicyclic) bond motifs is 1. The van der Waals surface area contributed by atoms with Gasteiger partial charge in [0.15, 0.2) is 0 Å². The van der Waals surface area contributed by atoms with Crippen LogP contribution in [-0.2, 0) is 6.54 Å². The third-order valence-electron chi connectivity index (χ3n) is 3.96. The Morgan fingerprint density at radius 3 is 2.65 bits per heavy atom. The van der Waals surface area contributed by atoms with E-state index in [1.807, 2.05) is 12.4 Å². The summed E-state index contributed by atoms with van der Waals surface area (Å²) in [7, 11) is 0. The van der Waals surface area contributed by atoms with Crippen LogP contribution in [0.1, 0.15) is 40.5 Å². The molecule has 7 heteroatoms. The van der Waals surface area contributed by atoms with Gasteiger partial charge in [0.1, 0.15) is 5.82 Å². The number of primary amides is 1. The molecule has 4 rings (SSSR count). The second-order valence-corrected chi connectivity index (χ2v) is 6.22. The van der Waals surface area contributed by atoms with Gasteiger partial charge in [-0.25, -0.2) is 9.97 Å². The first-order valence-corrected chi connectivity index (χ1v) is 7.75. The molecule has 1 fully saturated rings. The zero-order valence-corrected chi connectivity index (χ0v) is 13.0. The second kappa shape index (κ2) is 5.31. The number of carbonyl (C=O) groups is 1. The third kappa shape index (κ3) is 2.66. The minimum absolute atomic E-state index is 0.362. The molecule has 0 aliphatic heterocycles. The first-order chi connectivity index (χ1) is 11.1. The zero-order valence-electron chi connectivity index (χ0n) is 12.2. The summed E-state index contributed by atoms with van der Waals surface area (Å²) in [6.07, 6.45) is 7.65. The van der Waals surface area contributed by atoms with E-state index in [4.69, 9.17) is 17.3 Å². The van der Waals surface area contributed by atoms with Gasteiger partial charge in [-0.15, -0.1) is 0 Å². The number of carbonyl (C=O) groups excluding carboxylic acids is 1. The Bertz CT molecular complexity index is 899. The van der Waals surface area contributed by atoms with E-state index < -0.39 is 5.91 Å². The lowest BCUT2D eigenvalue weighted by atomic mass is 10.1. The van der Waals surface area contributed by atoms with Gasteiger partial charge in [0.2, 0.25) is 0 Å². The number of hydrogen-bond acceptors (Lipinski definition) is 4.